The zero-order valence-electron chi connectivity index (χ0n) is 13.7. The molecule has 4 rings (SSSR count). The Labute approximate surface area is 143 Å². The van der Waals surface area contributed by atoms with Crippen LogP contribution in [0.15, 0.2) is 35.3 Å². The zero-order chi connectivity index (χ0) is 18.0. The lowest BCUT2D eigenvalue weighted by Crippen LogP contribution is -2.62. The fraction of sp³-hybridized carbons (Fsp3) is 0.444. The molecule has 1 aliphatic carbocycles. The maximum atomic E-state index is 13.0. The summed E-state index contributed by atoms with van der Waals surface area (Å²) >= 11 is 0. The van der Waals surface area contributed by atoms with Crippen LogP contribution in [-0.2, 0) is 10.2 Å². The number of alkyl halides is 3. The summed E-state index contributed by atoms with van der Waals surface area (Å²) in [7, 11) is 1.57. The van der Waals surface area contributed by atoms with Crippen molar-refractivity contribution in [3.05, 3.63) is 35.9 Å². The minimum Gasteiger partial charge on any atom is -0.497 e. The number of ether oxygens (including phenoxy) is 1. The molecule has 0 radical (unpaired) electrons. The lowest BCUT2D eigenvalue weighted by molar-refractivity contribution is -0.187. The van der Waals surface area contributed by atoms with Crippen molar-refractivity contribution in [2.45, 2.75) is 36.9 Å². The molecule has 2 unspecified atom stereocenters. The van der Waals surface area contributed by atoms with Gasteiger partial charge in [-0.2, -0.15) is 13.2 Å². The molecule has 2 atom stereocenters. The van der Waals surface area contributed by atoms with E-state index >= 15 is 0 Å². The SMILES string of the molecule is C=C1CCC2C3=Nc4ccc(OC)cc4C13CCN2C(=O)C(F)(F)F. The number of carbonyl (C=O) groups excluding carboxylic acids is 1. The highest BCUT2D eigenvalue weighted by molar-refractivity contribution is 6.10. The molecule has 3 aliphatic rings. The van der Waals surface area contributed by atoms with Gasteiger partial charge in [0, 0.05) is 6.54 Å². The molecule has 1 aromatic carbocycles. The Morgan fingerprint density at radius 3 is 2.88 bits per heavy atom. The van der Waals surface area contributed by atoms with Crippen LogP contribution in [0.5, 0.6) is 5.75 Å². The van der Waals surface area contributed by atoms with Crippen molar-refractivity contribution in [3.8, 4) is 5.75 Å². The quantitative estimate of drug-likeness (QED) is 0.727. The van der Waals surface area contributed by atoms with Gasteiger partial charge in [-0.3, -0.25) is 9.79 Å². The Morgan fingerprint density at radius 2 is 2.20 bits per heavy atom. The van der Waals surface area contributed by atoms with Crippen LogP contribution in [-0.4, -0.2) is 42.4 Å². The standard InChI is InChI=1S/C18H17F3N2O2/c1-10-3-6-14-15-17(10,7-8-23(14)16(24)18(19,20)21)12-9-11(25-2)4-5-13(12)22-15/h4-5,9,14H,1,3,6-8H2,2H3. The van der Waals surface area contributed by atoms with Crippen molar-refractivity contribution in [1.82, 2.24) is 4.90 Å². The topological polar surface area (TPSA) is 41.9 Å². The minimum absolute atomic E-state index is 0.0394. The van der Waals surface area contributed by atoms with Gasteiger partial charge in [0.1, 0.15) is 5.75 Å². The number of nitrogens with zero attached hydrogens (tertiary/aromatic N) is 2. The summed E-state index contributed by atoms with van der Waals surface area (Å²) in [6.45, 7) is 4.23. The molecule has 1 saturated heterocycles. The molecule has 2 aliphatic heterocycles. The molecule has 1 amide bonds. The lowest BCUT2D eigenvalue weighted by Gasteiger charge is -2.50. The van der Waals surface area contributed by atoms with Gasteiger partial charge in [0.25, 0.3) is 0 Å². The summed E-state index contributed by atoms with van der Waals surface area (Å²) in [5.41, 5.74) is 2.65. The number of methoxy groups -OCH3 is 1. The Kier molecular flexibility index (Phi) is 3.30. The van der Waals surface area contributed by atoms with E-state index in [1.165, 1.54) is 0 Å². The molecule has 0 spiro atoms. The minimum atomic E-state index is -4.87. The second-order valence-electron chi connectivity index (χ2n) is 6.69. The molecule has 2 bridgehead atoms. The van der Waals surface area contributed by atoms with Crippen molar-refractivity contribution in [2.24, 2.45) is 4.99 Å². The molecule has 1 saturated carbocycles. The van der Waals surface area contributed by atoms with E-state index in [-0.39, 0.29) is 6.54 Å². The fourth-order valence-corrected chi connectivity index (χ4v) is 4.43. The van der Waals surface area contributed by atoms with Gasteiger partial charge in [0.05, 0.1) is 30.0 Å². The van der Waals surface area contributed by atoms with E-state index in [1.54, 1.807) is 13.2 Å². The Morgan fingerprint density at radius 1 is 1.44 bits per heavy atom. The molecule has 0 aromatic heterocycles. The molecule has 2 heterocycles. The number of amides is 1. The largest absolute Gasteiger partial charge is 0.497 e. The molecule has 0 N–H and O–H groups in total. The van der Waals surface area contributed by atoms with Crippen LogP contribution in [0.1, 0.15) is 24.8 Å². The first-order valence-corrected chi connectivity index (χ1v) is 8.12. The first-order chi connectivity index (χ1) is 11.8. The number of hydrogen-bond acceptors (Lipinski definition) is 3. The number of allylic oxidation sites excluding steroid dienone is 1. The number of hydrogen-bond donors (Lipinski definition) is 0. The predicted octanol–water partition coefficient (Wildman–Crippen LogP) is 3.53. The van der Waals surface area contributed by atoms with Crippen LogP contribution in [0.25, 0.3) is 0 Å². The Hall–Kier alpha value is -2.31. The number of likely N-dealkylation sites (tertiary alicyclic amines) is 1. The van der Waals surface area contributed by atoms with Gasteiger partial charge < -0.3 is 9.64 Å². The summed E-state index contributed by atoms with van der Waals surface area (Å²) < 4.78 is 44.2. The second-order valence-corrected chi connectivity index (χ2v) is 6.69. The lowest BCUT2D eigenvalue weighted by atomic mass is 9.60. The van der Waals surface area contributed by atoms with Gasteiger partial charge in [-0.05, 0) is 43.0 Å². The molecule has 2 fully saturated rings. The number of aliphatic imine (C=N–C) groups is 1. The second kappa shape index (κ2) is 5.09. The van der Waals surface area contributed by atoms with E-state index in [4.69, 9.17) is 4.74 Å². The van der Waals surface area contributed by atoms with Gasteiger partial charge in [-0.25, -0.2) is 0 Å². The summed E-state index contributed by atoms with van der Waals surface area (Å²) in [6, 6.07) is 4.85. The molecular weight excluding hydrogens is 333 g/mol. The summed E-state index contributed by atoms with van der Waals surface area (Å²) in [5.74, 6) is -1.11. The van der Waals surface area contributed by atoms with Crippen LogP contribution in [0.3, 0.4) is 0 Å². The summed E-state index contributed by atoms with van der Waals surface area (Å²) in [6.07, 6.45) is -3.51. The number of rotatable bonds is 1. The third-order valence-corrected chi connectivity index (χ3v) is 5.59. The highest BCUT2D eigenvalue weighted by atomic mass is 19.4. The number of benzene rings is 1. The van der Waals surface area contributed by atoms with Crippen LogP contribution >= 0.6 is 0 Å². The van der Waals surface area contributed by atoms with Gasteiger partial charge in [0.15, 0.2) is 0 Å². The smallest absolute Gasteiger partial charge is 0.471 e. The van der Waals surface area contributed by atoms with E-state index in [2.05, 4.69) is 11.6 Å². The number of halogens is 3. The van der Waals surface area contributed by atoms with Crippen molar-refractivity contribution in [2.75, 3.05) is 13.7 Å². The van der Waals surface area contributed by atoms with Gasteiger partial charge in [-0.1, -0.05) is 12.2 Å². The van der Waals surface area contributed by atoms with Crippen molar-refractivity contribution < 1.29 is 22.7 Å². The van der Waals surface area contributed by atoms with Crippen LogP contribution in [0.2, 0.25) is 0 Å². The van der Waals surface area contributed by atoms with Crippen LogP contribution < -0.4 is 4.74 Å². The fourth-order valence-electron chi connectivity index (χ4n) is 4.43. The van der Waals surface area contributed by atoms with E-state index in [1.807, 2.05) is 12.1 Å². The maximum absolute atomic E-state index is 13.0. The average Bonchev–Trinajstić information content (AvgIpc) is 2.92. The van der Waals surface area contributed by atoms with E-state index in [9.17, 15) is 18.0 Å². The molecule has 1 aromatic rings. The van der Waals surface area contributed by atoms with Crippen LogP contribution in [0.4, 0.5) is 18.9 Å². The molecule has 4 nitrogen and oxygen atoms in total. The third kappa shape index (κ3) is 2.07. The molecule has 132 valence electrons. The zero-order valence-corrected chi connectivity index (χ0v) is 13.7. The Bertz CT molecular complexity index is 815. The summed E-state index contributed by atoms with van der Waals surface area (Å²) in [5, 5.41) is 0. The number of fused-ring (bicyclic) bond motifs is 1. The molecule has 25 heavy (non-hydrogen) atoms. The third-order valence-electron chi connectivity index (χ3n) is 5.59. The first kappa shape index (κ1) is 16.2. The van der Waals surface area contributed by atoms with Crippen molar-refractivity contribution in [3.63, 3.8) is 0 Å². The highest BCUT2D eigenvalue weighted by Gasteiger charge is 2.58. The van der Waals surface area contributed by atoms with Crippen molar-refractivity contribution >= 4 is 17.3 Å². The van der Waals surface area contributed by atoms with Crippen LogP contribution in [0, 0.1) is 0 Å². The average molecular weight is 350 g/mol. The normalized spacial score (nSPS) is 27.5. The van der Waals surface area contributed by atoms with E-state index in [0.717, 1.165) is 21.7 Å². The van der Waals surface area contributed by atoms with E-state index in [0.29, 0.717) is 30.7 Å². The van der Waals surface area contributed by atoms with Gasteiger partial charge >= 0.3 is 12.1 Å². The summed E-state index contributed by atoms with van der Waals surface area (Å²) in [4.78, 5) is 17.4. The van der Waals surface area contributed by atoms with Gasteiger partial charge in [-0.15, -0.1) is 0 Å². The Balaban J connectivity index is 1.82. The van der Waals surface area contributed by atoms with E-state index < -0.39 is 23.5 Å². The first-order valence-electron chi connectivity index (χ1n) is 8.12. The highest BCUT2D eigenvalue weighted by Crippen LogP contribution is 2.55. The monoisotopic (exact) mass is 350 g/mol. The molecular formula is C18H17F3N2O2. The van der Waals surface area contributed by atoms with Gasteiger partial charge in [0.2, 0.25) is 0 Å². The number of carbonyl (C=O) groups is 1. The van der Waals surface area contributed by atoms with Crippen molar-refractivity contribution in [1.29, 1.82) is 0 Å². The number of piperidine rings is 1. The maximum Gasteiger partial charge on any atom is 0.471 e. The molecule has 7 heteroatoms. The predicted molar refractivity (Wildman–Crippen MR) is 86.3 cm³/mol.